The Hall–Kier alpha value is -1.90. The third-order valence-corrected chi connectivity index (χ3v) is 2.84. The molecule has 15 heavy (non-hydrogen) atoms. The molecule has 0 fully saturated rings. The van der Waals surface area contributed by atoms with Crippen LogP contribution in [0, 0.1) is 0 Å². The molecule has 3 heteroatoms. The second-order valence-corrected chi connectivity index (χ2v) is 3.70. The van der Waals surface area contributed by atoms with Crippen LogP contribution >= 0.6 is 0 Å². The molecule has 0 radical (unpaired) electrons. The van der Waals surface area contributed by atoms with E-state index in [0.29, 0.717) is 6.54 Å². The Balaban J connectivity index is 2.13. The van der Waals surface area contributed by atoms with Crippen LogP contribution in [0.3, 0.4) is 0 Å². The lowest BCUT2D eigenvalue weighted by molar-refractivity contribution is -0.123. The number of carbonyl (C=O) groups excluding carboxylic acids is 1. The van der Waals surface area contributed by atoms with Crippen molar-refractivity contribution in [3.63, 3.8) is 0 Å². The molecular weight excluding hydrogens is 188 g/mol. The van der Waals surface area contributed by atoms with E-state index in [1.165, 1.54) is 17.3 Å². The SMILES string of the molecule is O=C1C=NCC2c3ccccc3C=CN12. The highest BCUT2D eigenvalue weighted by Gasteiger charge is 2.28. The number of amides is 1. The van der Waals surface area contributed by atoms with Gasteiger partial charge < -0.3 is 4.90 Å². The molecule has 0 N–H and O–H groups in total. The number of hydrogen-bond donors (Lipinski definition) is 0. The van der Waals surface area contributed by atoms with E-state index in [2.05, 4.69) is 17.1 Å². The number of rotatable bonds is 0. The van der Waals surface area contributed by atoms with Crippen molar-refractivity contribution < 1.29 is 4.79 Å². The molecule has 2 aliphatic heterocycles. The summed E-state index contributed by atoms with van der Waals surface area (Å²) in [6.45, 7) is 0.660. The van der Waals surface area contributed by atoms with Crippen LogP contribution in [0.4, 0.5) is 0 Å². The lowest BCUT2D eigenvalue weighted by Crippen LogP contribution is -2.37. The first-order valence-corrected chi connectivity index (χ1v) is 4.95. The van der Waals surface area contributed by atoms with E-state index in [0.717, 1.165) is 0 Å². The quantitative estimate of drug-likeness (QED) is 0.623. The van der Waals surface area contributed by atoms with Gasteiger partial charge in [-0.2, -0.15) is 0 Å². The normalized spacial score (nSPS) is 22.5. The van der Waals surface area contributed by atoms with Gasteiger partial charge >= 0.3 is 0 Å². The number of carbonyl (C=O) groups is 1. The van der Waals surface area contributed by atoms with Gasteiger partial charge in [0.1, 0.15) is 0 Å². The predicted molar refractivity (Wildman–Crippen MR) is 58.4 cm³/mol. The van der Waals surface area contributed by atoms with Crippen molar-refractivity contribution in [2.24, 2.45) is 4.99 Å². The topological polar surface area (TPSA) is 32.7 Å². The van der Waals surface area contributed by atoms with Gasteiger partial charge in [0.25, 0.3) is 5.91 Å². The van der Waals surface area contributed by atoms with Crippen LogP contribution in [0.15, 0.2) is 35.5 Å². The van der Waals surface area contributed by atoms with E-state index in [1.807, 2.05) is 24.4 Å². The fraction of sp³-hybridized carbons (Fsp3) is 0.167. The number of aliphatic imine (C=N–C) groups is 1. The first kappa shape index (κ1) is 8.41. The molecule has 74 valence electrons. The molecule has 1 amide bonds. The molecular formula is C12H10N2O. The third kappa shape index (κ3) is 1.20. The second-order valence-electron chi connectivity index (χ2n) is 3.70. The zero-order chi connectivity index (χ0) is 10.3. The van der Waals surface area contributed by atoms with Crippen LogP contribution in [0.2, 0.25) is 0 Å². The monoisotopic (exact) mass is 198 g/mol. The Kier molecular flexibility index (Phi) is 1.71. The van der Waals surface area contributed by atoms with Crippen LogP contribution in [0.5, 0.6) is 0 Å². The molecule has 1 aromatic rings. The second kappa shape index (κ2) is 3.05. The average molecular weight is 198 g/mol. The maximum Gasteiger partial charge on any atom is 0.269 e. The van der Waals surface area contributed by atoms with Crippen molar-refractivity contribution in [3.8, 4) is 0 Å². The third-order valence-electron chi connectivity index (χ3n) is 2.84. The Morgan fingerprint density at radius 3 is 3.13 bits per heavy atom. The molecule has 0 aromatic heterocycles. The van der Waals surface area contributed by atoms with Crippen LogP contribution in [0.1, 0.15) is 17.2 Å². The number of benzene rings is 1. The lowest BCUT2D eigenvalue weighted by Gasteiger charge is -2.33. The zero-order valence-corrected chi connectivity index (χ0v) is 8.13. The molecule has 1 aromatic carbocycles. The predicted octanol–water partition coefficient (Wildman–Crippen LogP) is 1.62. The van der Waals surface area contributed by atoms with Gasteiger partial charge in [-0.3, -0.25) is 9.79 Å². The summed E-state index contributed by atoms with van der Waals surface area (Å²) in [4.78, 5) is 17.4. The van der Waals surface area contributed by atoms with E-state index in [-0.39, 0.29) is 11.9 Å². The molecule has 2 aliphatic rings. The lowest BCUT2D eigenvalue weighted by atomic mass is 9.95. The van der Waals surface area contributed by atoms with Gasteiger partial charge in [-0.15, -0.1) is 0 Å². The summed E-state index contributed by atoms with van der Waals surface area (Å²) in [6, 6.07) is 8.21. The molecule has 0 aliphatic carbocycles. The molecule has 0 saturated heterocycles. The van der Waals surface area contributed by atoms with Gasteiger partial charge in [0.05, 0.1) is 18.8 Å². The molecule has 0 spiro atoms. The van der Waals surface area contributed by atoms with Gasteiger partial charge in [-0.25, -0.2) is 0 Å². The summed E-state index contributed by atoms with van der Waals surface area (Å²) in [5.41, 5.74) is 2.37. The van der Waals surface area contributed by atoms with Crippen LogP contribution in [0.25, 0.3) is 6.08 Å². The largest absolute Gasteiger partial charge is 0.305 e. The minimum atomic E-state index is -0.0306. The summed E-state index contributed by atoms with van der Waals surface area (Å²) in [5, 5.41) is 0. The van der Waals surface area contributed by atoms with Crippen molar-refractivity contribution in [1.29, 1.82) is 0 Å². The molecule has 2 heterocycles. The van der Waals surface area contributed by atoms with Crippen molar-refractivity contribution in [2.75, 3.05) is 6.54 Å². The Morgan fingerprint density at radius 2 is 2.20 bits per heavy atom. The minimum Gasteiger partial charge on any atom is -0.305 e. The summed E-state index contributed by atoms with van der Waals surface area (Å²) in [5.74, 6) is -0.0306. The Labute approximate surface area is 87.7 Å². The first-order chi connectivity index (χ1) is 7.36. The fourth-order valence-corrected chi connectivity index (χ4v) is 2.09. The first-order valence-electron chi connectivity index (χ1n) is 4.95. The number of hydrogen-bond acceptors (Lipinski definition) is 2. The van der Waals surface area contributed by atoms with Crippen molar-refractivity contribution in [2.45, 2.75) is 6.04 Å². The van der Waals surface area contributed by atoms with Gasteiger partial charge in [0, 0.05) is 6.20 Å². The van der Waals surface area contributed by atoms with E-state index in [1.54, 1.807) is 4.90 Å². The average Bonchev–Trinajstić information content (AvgIpc) is 2.29. The maximum absolute atomic E-state index is 11.6. The van der Waals surface area contributed by atoms with Crippen molar-refractivity contribution in [1.82, 2.24) is 4.90 Å². The Bertz CT molecular complexity index is 476. The molecule has 3 nitrogen and oxygen atoms in total. The number of fused-ring (bicyclic) bond motifs is 3. The highest BCUT2D eigenvalue weighted by atomic mass is 16.2. The van der Waals surface area contributed by atoms with Crippen molar-refractivity contribution in [3.05, 3.63) is 41.6 Å². The van der Waals surface area contributed by atoms with Gasteiger partial charge in [-0.05, 0) is 17.2 Å². The van der Waals surface area contributed by atoms with E-state index >= 15 is 0 Å². The summed E-state index contributed by atoms with van der Waals surface area (Å²) < 4.78 is 0. The fourth-order valence-electron chi connectivity index (χ4n) is 2.09. The van der Waals surface area contributed by atoms with E-state index in [9.17, 15) is 4.79 Å². The molecule has 1 unspecified atom stereocenters. The molecule has 1 atom stereocenters. The van der Waals surface area contributed by atoms with Crippen LogP contribution in [-0.4, -0.2) is 23.6 Å². The molecule has 0 saturated carbocycles. The van der Waals surface area contributed by atoms with Crippen LogP contribution in [-0.2, 0) is 4.79 Å². The minimum absolute atomic E-state index is 0.0306. The van der Waals surface area contributed by atoms with Crippen LogP contribution < -0.4 is 0 Å². The van der Waals surface area contributed by atoms with Gasteiger partial charge in [0.15, 0.2) is 0 Å². The van der Waals surface area contributed by atoms with E-state index in [4.69, 9.17) is 0 Å². The Morgan fingerprint density at radius 1 is 1.33 bits per heavy atom. The van der Waals surface area contributed by atoms with Gasteiger partial charge in [0.2, 0.25) is 0 Å². The highest BCUT2D eigenvalue weighted by Crippen LogP contribution is 2.31. The van der Waals surface area contributed by atoms with Gasteiger partial charge in [-0.1, -0.05) is 24.3 Å². The number of nitrogens with zero attached hydrogens (tertiary/aromatic N) is 2. The van der Waals surface area contributed by atoms with Crippen molar-refractivity contribution >= 4 is 18.2 Å². The standard InChI is InChI=1S/C12H10N2O/c15-12-8-13-7-11-10-4-2-1-3-9(10)5-6-14(11)12/h1-6,8,11H,7H2. The summed E-state index contributed by atoms with van der Waals surface area (Å²) in [7, 11) is 0. The van der Waals surface area contributed by atoms with E-state index < -0.39 is 0 Å². The summed E-state index contributed by atoms with van der Waals surface area (Å²) in [6.07, 6.45) is 5.22. The maximum atomic E-state index is 11.6. The molecule has 0 bridgehead atoms. The highest BCUT2D eigenvalue weighted by molar-refractivity contribution is 6.27. The summed E-state index contributed by atoms with van der Waals surface area (Å²) >= 11 is 0. The smallest absolute Gasteiger partial charge is 0.269 e. The zero-order valence-electron chi connectivity index (χ0n) is 8.13. The molecule has 3 rings (SSSR count).